The predicted octanol–water partition coefficient (Wildman–Crippen LogP) is 4.10. The number of hydrogen-bond donors (Lipinski definition) is 1. The Labute approximate surface area is 180 Å². The van der Waals surface area contributed by atoms with Gasteiger partial charge < -0.3 is 10.1 Å². The molecule has 0 spiro atoms. The van der Waals surface area contributed by atoms with Crippen LogP contribution in [0.2, 0.25) is 0 Å². The minimum absolute atomic E-state index is 0.0835. The topological polar surface area (TPSA) is 75.7 Å². The summed E-state index contributed by atoms with van der Waals surface area (Å²) in [5, 5.41) is 2.88. The van der Waals surface area contributed by atoms with Crippen LogP contribution in [0.25, 0.3) is 0 Å². The SMILES string of the molecule is CCN(CC)S(=O)(=O)c1ccc(C(C)NC(=O)COc2ccc(C(C)C)cc2)cc1. The molecule has 1 amide bonds. The highest BCUT2D eigenvalue weighted by Gasteiger charge is 2.21. The zero-order chi connectivity index (χ0) is 22.3. The molecule has 0 heterocycles. The molecule has 1 N–H and O–H groups in total. The molecular formula is C23H32N2O4S. The van der Waals surface area contributed by atoms with Crippen molar-refractivity contribution in [3.63, 3.8) is 0 Å². The molecule has 0 aromatic heterocycles. The maximum absolute atomic E-state index is 12.6. The Balaban J connectivity index is 1.93. The van der Waals surface area contributed by atoms with Gasteiger partial charge in [-0.05, 0) is 48.2 Å². The summed E-state index contributed by atoms with van der Waals surface area (Å²) in [6, 6.07) is 14.1. The molecule has 0 saturated heterocycles. The molecule has 6 nitrogen and oxygen atoms in total. The van der Waals surface area contributed by atoms with Crippen molar-refractivity contribution in [3.05, 3.63) is 59.7 Å². The average Bonchev–Trinajstić information content (AvgIpc) is 2.73. The third-order valence-corrected chi connectivity index (χ3v) is 7.08. The van der Waals surface area contributed by atoms with E-state index in [-0.39, 0.29) is 23.5 Å². The van der Waals surface area contributed by atoms with Crippen LogP contribution >= 0.6 is 0 Å². The molecule has 0 saturated carbocycles. The van der Waals surface area contributed by atoms with Gasteiger partial charge in [-0.25, -0.2) is 8.42 Å². The minimum Gasteiger partial charge on any atom is -0.484 e. The first-order valence-electron chi connectivity index (χ1n) is 10.3. The second-order valence-electron chi connectivity index (χ2n) is 7.46. The van der Waals surface area contributed by atoms with Gasteiger partial charge in [-0.1, -0.05) is 52.0 Å². The molecule has 2 aromatic carbocycles. The zero-order valence-corrected chi connectivity index (χ0v) is 19.2. The lowest BCUT2D eigenvalue weighted by atomic mass is 10.0. The van der Waals surface area contributed by atoms with Crippen LogP contribution in [-0.2, 0) is 14.8 Å². The van der Waals surface area contributed by atoms with Gasteiger partial charge in [0.1, 0.15) is 5.75 Å². The highest BCUT2D eigenvalue weighted by Crippen LogP contribution is 2.20. The van der Waals surface area contributed by atoms with E-state index >= 15 is 0 Å². The summed E-state index contributed by atoms with van der Waals surface area (Å²) in [5.41, 5.74) is 2.04. The van der Waals surface area contributed by atoms with Crippen LogP contribution in [0.5, 0.6) is 5.75 Å². The summed E-state index contributed by atoms with van der Waals surface area (Å²) in [6.07, 6.45) is 0. The highest BCUT2D eigenvalue weighted by molar-refractivity contribution is 7.89. The van der Waals surface area contributed by atoms with E-state index in [1.807, 2.05) is 45.0 Å². The number of hydrogen-bond acceptors (Lipinski definition) is 4. The zero-order valence-electron chi connectivity index (χ0n) is 18.4. The van der Waals surface area contributed by atoms with E-state index in [4.69, 9.17) is 4.74 Å². The first-order chi connectivity index (χ1) is 14.2. The Morgan fingerprint density at radius 3 is 1.97 bits per heavy atom. The van der Waals surface area contributed by atoms with E-state index in [0.29, 0.717) is 24.8 Å². The molecule has 7 heteroatoms. The molecule has 0 radical (unpaired) electrons. The maximum Gasteiger partial charge on any atom is 0.258 e. The number of nitrogens with one attached hydrogen (secondary N) is 1. The second-order valence-corrected chi connectivity index (χ2v) is 9.40. The Morgan fingerprint density at radius 1 is 0.933 bits per heavy atom. The third-order valence-electron chi connectivity index (χ3n) is 5.02. The lowest BCUT2D eigenvalue weighted by Crippen LogP contribution is -2.31. The van der Waals surface area contributed by atoms with Gasteiger partial charge in [0.2, 0.25) is 10.0 Å². The van der Waals surface area contributed by atoms with Crippen molar-refractivity contribution in [2.45, 2.75) is 51.5 Å². The number of ether oxygens (including phenoxy) is 1. The van der Waals surface area contributed by atoms with Crippen molar-refractivity contribution in [2.24, 2.45) is 0 Å². The number of benzene rings is 2. The van der Waals surface area contributed by atoms with Crippen LogP contribution in [-0.4, -0.2) is 38.3 Å². The van der Waals surface area contributed by atoms with Gasteiger partial charge >= 0.3 is 0 Å². The predicted molar refractivity (Wildman–Crippen MR) is 119 cm³/mol. The Morgan fingerprint density at radius 2 is 1.47 bits per heavy atom. The largest absolute Gasteiger partial charge is 0.484 e. The van der Waals surface area contributed by atoms with Crippen molar-refractivity contribution in [3.8, 4) is 5.75 Å². The van der Waals surface area contributed by atoms with Crippen LogP contribution in [0.1, 0.15) is 57.7 Å². The quantitative estimate of drug-likeness (QED) is 0.613. The van der Waals surface area contributed by atoms with Crippen LogP contribution in [0.15, 0.2) is 53.4 Å². The van der Waals surface area contributed by atoms with Gasteiger partial charge in [0.25, 0.3) is 5.91 Å². The number of carbonyl (C=O) groups is 1. The summed E-state index contributed by atoms with van der Waals surface area (Å²) in [7, 11) is -3.49. The molecule has 0 aliphatic heterocycles. The molecule has 0 fully saturated rings. The summed E-state index contributed by atoms with van der Waals surface area (Å²) < 4.78 is 32.1. The maximum atomic E-state index is 12.6. The summed E-state index contributed by atoms with van der Waals surface area (Å²) in [5.74, 6) is 0.847. The first-order valence-corrected chi connectivity index (χ1v) is 11.7. The van der Waals surface area contributed by atoms with Gasteiger partial charge in [-0.15, -0.1) is 0 Å². The molecule has 0 bridgehead atoms. The smallest absolute Gasteiger partial charge is 0.258 e. The first kappa shape index (κ1) is 23.9. The molecular weight excluding hydrogens is 400 g/mol. The van der Waals surface area contributed by atoms with Crippen molar-refractivity contribution in [1.29, 1.82) is 0 Å². The van der Waals surface area contributed by atoms with Crippen molar-refractivity contribution < 1.29 is 17.9 Å². The number of sulfonamides is 1. The average molecular weight is 433 g/mol. The van der Waals surface area contributed by atoms with Crippen molar-refractivity contribution in [2.75, 3.05) is 19.7 Å². The van der Waals surface area contributed by atoms with Gasteiger partial charge in [0.05, 0.1) is 10.9 Å². The standard InChI is InChI=1S/C23H32N2O4S/c1-6-25(7-2)30(27,28)22-14-10-20(11-15-22)18(5)24-23(26)16-29-21-12-8-19(9-13-21)17(3)4/h8-15,17-18H,6-7,16H2,1-5H3,(H,24,26). The van der Waals surface area contributed by atoms with Crippen LogP contribution in [0.3, 0.4) is 0 Å². The van der Waals surface area contributed by atoms with Crippen LogP contribution in [0, 0.1) is 0 Å². The Hall–Kier alpha value is -2.38. The van der Waals surface area contributed by atoms with Crippen molar-refractivity contribution >= 4 is 15.9 Å². The van der Waals surface area contributed by atoms with E-state index in [1.165, 1.54) is 9.87 Å². The van der Waals surface area contributed by atoms with Crippen molar-refractivity contribution in [1.82, 2.24) is 9.62 Å². The fourth-order valence-electron chi connectivity index (χ4n) is 3.11. The Bertz CT molecular complexity index is 919. The lowest BCUT2D eigenvalue weighted by Gasteiger charge is -2.19. The van der Waals surface area contributed by atoms with Gasteiger partial charge in [-0.2, -0.15) is 4.31 Å². The normalized spacial score (nSPS) is 12.8. The van der Waals surface area contributed by atoms with Gasteiger partial charge in [-0.3, -0.25) is 4.79 Å². The third kappa shape index (κ3) is 6.06. The van der Waals surface area contributed by atoms with Crippen LogP contribution < -0.4 is 10.1 Å². The number of amides is 1. The molecule has 164 valence electrons. The molecule has 30 heavy (non-hydrogen) atoms. The fraction of sp³-hybridized carbons (Fsp3) is 0.435. The molecule has 1 unspecified atom stereocenters. The van der Waals surface area contributed by atoms with E-state index in [9.17, 15) is 13.2 Å². The Kier molecular flexibility index (Phi) is 8.43. The minimum atomic E-state index is -3.49. The molecule has 0 aliphatic rings. The van der Waals surface area contributed by atoms with Gasteiger partial charge in [0.15, 0.2) is 6.61 Å². The second kappa shape index (κ2) is 10.6. The van der Waals surface area contributed by atoms with E-state index < -0.39 is 10.0 Å². The van der Waals surface area contributed by atoms with Crippen LogP contribution in [0.4, 0.5) is 0 Å². The van der Waals surface area contributed by atoms with E-state index in [1.54, 1.807) is 24.3 Å². The summed E-state index contributed by atoms with van der Waals surface area (Å²) >= 11 is 0. The summed E-state index contributed by atoms with van der Waals surface area (Å²) in [6.45, 7) is 10.5. The fourth-order valence-corrected chi connectivity index (χ4v) is 4.56. The molecule has 1 atom stereocenters. The molecule has 0 aliphatic carbocycles. The summed E-state index contributed by atoms with van der Waals surface area (Å²) in [4.78, 5) is 12.5. The highest BCUT2D eigenvalue weighted by atomic mass is 32.2. The number of carbonyl (C=O) groups excluding carboxylic acids is 1. The lowest BCUT2D eigenvalue weighted by molar-refractivity contribution is -0.123. The molecule has 2 aromatic rings. The number of nitrogens with zero attached hydrogens (tertiary/aromatic N) is 1. The number of rotatable bonds is 10. The monoisotopic (exact) mass is 432 g/mol. The molecule has 2 rings (SSSR count). The van der Waals surface area contributed by atoms with E-state index in [0.717, 1.165) is 5.56 Å². The van der Waals surface area contributed by atoms with E-state index in [2.05, 4.69) is 19.2 Å². The van der Waals surface area contributed by atoms with Gasteiger partial charge in [0, 0.05) is 13.1 Å².